The zero-order chi connectivity index (χ0) is 19.4. The second kappa shape index (κ2) is 8.50. The van der Waals surface area contributed by atoms with E-state index in [2.05, 4.69) is 20.6 Å². The minimum absolute atomic E-state index is 0.0157. The summed E-state index contributed by atoms with van der Waals surface area (Å²) in [5, 5.41) is 33.8. The second-order valence-corrected chi connectivity index (χ2v) is 8.14. The van der Waals surface area contributed by atoms with Crippen LogP contribution in [0.4, 0.5) is 5.69 Å². The predicted molar refractivity (Wildman–Crippen MR) is 99.3 cm³/mol. The number of nitrogens with zero attached hydrogens (tertiary/aromatic N) is 4. The Hall–Kier alpha value is -1.77. The van der Waals surface area contributed by atoms with E-state index in [-0.39, 0.29) is 29.0 Å². The summed E-state index contributed by atoms with van der Waals surface area (Å²) in [6.07, 6.45) is 1.53. The van der Waals surface area contributed by atoms with Crippen molar-refractivity contribution in [1.82, 2.24) is 20.6 Å². The van der Waals surface area contributed by atoms with E-state index in [4.69, 9.17) is 20.1 Å². The first-order valence-electron chi connectivity index (χ1n) is 8.23. The van der Waals surface area contributed by atoms with Crippen molar-refractivity contribution >= 4 is 27.7 Å². The third kappa shape index (κ3) is 4.39. The van der Waals surface area contributed by atoms with Crippen molar-refractivity contribution in [3.8, 4) is 11.4 Å². The molecule has 0 aliphatic carbocycles. The maximum atomic E-state index is 12.3. The molecular weight excluding hydrogens is 394 g/mol. The first kappa shape index (κ1) is 20.0. The number of hydrogen-bond acceptors (Lipinski definition) is 10. The highest BCUT2D eigenvalue weighted by Crippen LogP contribution is 2.39. The SMILES string of the molecule is NSc1ccc(N2CCC(OCCO)CC2)c(-c2nn[nH]n2)c1S(N)(=O)=O. The third-order valence-corrected chi connectivity index (χ3v) is 6.02. The molecule has 1 saturated heterocycles. The van der Waals surface area contributed by atoms with Gasteiger partial charge < -0.3 is 14.7 Å². The van der Waals surface area contributed by atoms with Crippen LogP contribution in [0.15, 0.2) is 21.9 Å². The molecule has 2 heterocycles. The molecule has 1 aromatic heterocycles. The molecule has 13 heteroatoms. The number of sulfonamides is 1. The van der Waals surface area contributed by atoms with Crippen LogP contribution in [0.25, 0.3) is 11.4 Å². The Bertz CT molecular complexity index is 868. The fourth-order valence-corrected chi connectivity index (χ4v) is 4.84. The average molecular weight is 416 g/mol. The Morgan fingerprint density at radius 1 is 1.37 bits per heavy atom. The summed E-state index contributed by atoms with van der Waals surface area (Å²) in [6, 6.07) is 3.40. The van der Waals surface area contributed by atoms with Crippen LogP contribution in [0.3, 0.4) is 0 Å². The third-order valence-electron chi connectivity index (χ3n) is 4.31. The Balaban J connectivity index is 2.02. The second-order valence-electron chi connectivity index (χ2n) is 5.97. The van der Waals surface area contributed by atoms with Crippen molar-refractivity contribution in [2.75, 3.05) is 31.2 Å². The summed E-state index contributed by atoms with van der Waals surface area (Å²) in [4.78, 5) is 2.22. The number of aliphatic hydroxyl groups excluding tert-OH is 1. The first-order chi connectivity index (χ1) is 13.0. The molecule has 0 bridgehead atoms. The van der Waals surface area contributed by atoms with Crippen molar-refractivity contribution < 1.29 is 18.3 Å². The van der Waals surface area contributed by atoms with Gasteiger partial charge in [0.2, 0.25) is 15.8 Å². The zero-order valence-corrected chi connectivity index (χ0v) is 16.0. The minimum atomic E-state index is -4.09. The van der Waals surface area contributed by atoms with Gasteiger partial charge in [-0.25, -0.2) is 13.6 Å². The van der Waals surface area contributed by atoms with Gasteiger partial charge in [-0.05, 0) is 42.1 Å². The molecule has 0 spiro atoms. The Kier molecular flexibility index (Phi) is 6.29. The predicted octanol–water partition coefficient (Wildman–Crippen LogP) is -0.542. The normalized spacial score (nSPS) is 16.0. The van der Waals surface area contributed by atoms with Crippen molar-refractivity contribution in [2.45, 2.75) is 28.7 Å². The lowest BCUT2D eigenvalue weighted by Crippen LogP contribution is -2.38. The van der Waals surface area contributed by atoms with Gasteiger partial charge in [0.15, 0.2) is 0 Å². The number of nitrogens with one attached hydrogen (secondary N) is 1. The Labute approximate surface area is 160 Å². The number of H-pyrrole nitrogens is 1. The molecule has 0 unspecified atom stereocenters. The molecule has 1 aliphatic heterocycles. The van der Waals surface area contributed by atoms with Gasteiger partial charge >= 0.3 is 0 Å². The van der Waals surface area contributed by atoms with Gasteiger partial charge in [-0.3, -0.25) is 5.14 Å². The molecule has 0 amide bonds. The molecule has 2 aromatic rings. The molecule has 0 radical (unpaired) electrons. The molecule has 6 N–H and O–H groups in total. The van der Waals surface area contributed by atoms with Gasteiger partial charge in [-0.2, -0.15) is 5.21 Å². The van der Waals surface area contributed by atoms with Crippen LogP contribution >= 0.6 is 11.9 Å². The number of rotatable bonds is 7. The van der Waals surface area contributed by atoms with Crippen molar-refractivity contribution in [1.29, 1.82) is 0 Å². The summed E-state index contributed by atoms with van der Waals surface area (Å²) in [7, 11) is -4.09. The maximum absolute atomic E-state index is 12.3. The number of tetrazole rings is 1. The van der Waals surface area contributed by atoms with Crippen LogP contribution in [0.1, 0.15) is 12.8 Å². The van der Waals surface area contributed by atoms with E-state index in [0.29, 0.717) is 30.3 Å². The van der Waals surface area contributed by atoms with Gasteiger partial charge in [0, 0.05) is 23.7 Å². The maximum Gasteiger partial charge on any atom is 0.240 e. The lowest BCUT2D eigenvalue weighted by molar-refractivity contribution is 0.0159. The number of aliphatic hydroxyl groups is 1. The van der Waals surface area contributed by atoms with Gasteiger partial charge in [-0.1, -0.05) is 0 Å². The number of aromatic amines is 1. The summed E-state index contributed by atoms with van der Waals surface area (Å²) < 4.78 is 30.2. The number of aromatic nitrogens is 4. The fourth-order valence-electron chi connectivity index (χ4n) is 3.16. The van der Waals surface area contributed by atoms with Crippen LogP contribution in [0.2, 0.25) is 0 Å². The Morgan fingerprint density at radius 3 is 2.67 bits per heavy atom. The number of benzene rings is 1. The van der Waals surface area contributed by atoms with Crippen LogP contribution in [0, 0.1) is 0 Å². The number of anilines is 1. The number of nitrogens with two attached hydrogens (primary N) is 2. The highest BCUT2D eigenvalue weighted by Gasteiger charge is 2.29. The highest BCUT2D eigenvalue weighted by atomic mass is 32.2. The molecule has 27 heavy (non-hydrogen) atoms. The van der Waals surface area contributed by atoms with E-state index < -0.39 is 10.0 Å². The molecule has 1 aliphatic rings. The zero-order valence-electron chi connectivity index (χ0n) is 14.4. The fraction of sp³-hybridized carbons (Fsp3) is 0.500. The number of primary sulfonamides is 1. The highest BCUT2D eigenvalue weighted by molar-refractivity contribution is 7.98. The lowest BCUT2D eigenvalue weighted by Gasteiger charge is -2.34. The molecule has 148 valence electrons. The summed E-state index contributed by atoms with van der Waals surface area (Å²) in [6.45, 7) is 1.56. The van der Waals surface area contributed by atoms with E-state index in [0.717, 1.165) is 24.8 Å². The minimum Gasteiger partial charge on any atom is -0.394 e. The standard InChI is InChI=1S/C14H21N7O4S2/c15-26-11-2-1-10(21-5-3-9(4-6-21)25-8-7-22)12(13(11)27(16,23)24)14-17-19-20-18-14/h1-2,9,22H,3-8,15H2,(H2,16,23,24)(H,17,18,19,20). The smallest absolute Gasteiger partial charge is 0.240 e. The van der Waals surface area contributed by atoms with Crippen LogP contribution in [-0.4, -0.2) is 66.6 Å². The molecular formula is C14H21N7O4S2. The average Bonchev–Trinajstić information content (AvgIpc) is 3.19. The van der Waals surface area contributed by atoms with Crippen LogP contribution < -0.4 is 15.2 Å². The van der Waals surface area contributed by atoms with Crippen LogP contribution in [0.5, 0.6) is 0 Å². The topological polar surface area (TPSA) is 173 Å². The van der Waals surface area contributed by atoms with E-state index >= 15 is 0 Å². The molecule has 0 atom stereocenters. The lowest BCUT2D eigenvalue weighted by atomic mass is 10.0. The largest absolute Gasteiger partial charge is 0.394 e. The monoisotopic (exact) mass is 415 g/mol. The van der Waals surface area contributed by atoms with Crippen molar-refractivity contribution in [3.63, 3.8) is 0 Å². The molecule has 0 saturated carbocycles. The van der Waals surface area contributed by atoms with Gasteiger partial charge in [0.1, 0.15) is 4.90 Å². The van der Waals surface area contributed by atoms with Crippen molar-refractivity contribution in [2.24, 2.45) is 10.3 Å². The van der Waals surface area contributed by atoms with Gasteiger partial charge in [0.25, 0.3) is 0 Å². The van der Waals surface area contributed by atoms with Gasteiger partial charge in [-0.15, -0.1) is 10.2 Å². The van der Waals surface area contributed by atoms with E-state index in [1.165, 1.54) is 0 Å². The Morgan fingerprint density at radius 2 is 2.11 bits per heavy atom. The van der Waals surface area contributed by atoms with Crippen molar-refractivity contribution in [3.05, 3.63) is 12.1 Å². The van der Waals surface area contributed by atoms with E-state index in [1.807, 2.05) is 4.90 Å². The number of ether oxygens (including phenoxy) is 1. The van der Waals surface area contributed by atoms with E-state index in [9.17, 15) is 8.42 Å². The van der Waals surface area contributed by atoms with Crippen LogP contribution in [-0.2, 0) is 14.8 Å². The summed E-state index contributed by atoms with van der Waals surface area (Å²) in [5.74, 6) is 0.128. The summed E-state index contributed by atoms with van der Waals surface area (Å²) >= 11 is 0.791. The number of hydrogen-bond donors (Lipinski definition) is 4. The summed E-state index contributed by atoms with van der Waals surface area (Å²) in [5.41, 5.74) is 0.912. The molecule has 1 fully saturated rings. The molecule has 3 rings (SSSR count). The first-order valence-corrected chi connectivity index (χ1v) is 10.7. The molecule has 11 nitrogen and oxygen atoms in total. The van der Waals surface area contributed by atoms with E-state index in [1.54, 1.807) is 12.1 Å². The van der Waals surface area contributed by atoms with Gasteiger partial charge in [0.05, 0.1) is 24.9 Å². The molecule has 1 aromatic carbocycles. The number of piperidine rings is 1. The quantitative estimate of drug-likeness (QED) is 0.430.